The smallest absolute Gasteiger partial charge is 0.251 e. The number of nitrogens with one attached hydrogen (secondary N) is 2. The third-order valence-corrected chi connectivity index (χ3v) is 5.91. The molecule has 2 aromatic rings. The number of carbonyl (C=O) groups is 1. The summed E-state index contributed by atoms with van der Waals surface area (Å²) in [4.78, 5) is 11.7. The first-order valence-electron chi connectivity index (χ1n) is 7.84. The first kappa shape index (κ1) is 16.7. The average Bonchev–Trinajstić information content (AvgIpc) is 3.42. The molecule has 2 aromatic carbocycles. The Balaban J connectivity index is 1.72. The van der Waals surface area contributed by atoms with Crippen molar-refractivity contribution >= 4 is 15.9 Å². The molecule has 0 radical (unpaired) electrons. The van der Waals surface area contributed by atoms with Crippen molar-refractivity contribution in [3.05, 3.63) is 65.7 Å². The minimum Gasteiger partial charge on any atom is -0.355 e. The monoisotopic (exact) mass is 344 g/mol. The Kier molecular flexibility index (Phi) is 4.43. The van der Waals surface area contributed by atoms with E-state index in [-0.39, 0.29) is 16.2 Å². The van der Waals surface area contributed by atoms with Crippen molar-refractivity contribution in [1.29, 1.82) is 0 Å². The second-order valence-corrected chi connectivity index (χ2v) is 7.84. The second-order valence-electron chi connectivity index (χ2n) is 6.07. The van der Waals surface area contributed by atoms with E-state index in [2.05, 4.69) is 10.0 Å². The fraction of sp³-hybridized carbons (Fsp3) is 0.278. The SMILES string of the molecule is CNC(=O)c1ccc(S(=O)(=O)NCC2(c3ccccc3)CC2)cc1. The van der Waals surface area contributed by atoms with E-state index in [0.717, 1.165) is 12.8 Å². The average molecular weight is 344 g/mol. The van der Waals surface area contributed by atoms with Crippen LogP contribution in [0.15, 0.2) is 59.5 Å². The van der Waals surface area contributed by atoms with Gasteiger partial charge in [0.15, 0.2) is 0 Å². The maximum absolute atomic E-state index is 12.5. The lowest BCUT2D eigenvalue weighted by Crippen LogP contribution is -2.32. The van der Waals surface area contributed by atoms with Crippen LogP contribution in [0.25, 0.3) is 0 Å². The molecule has 1 amide bonds. The van der Waals surface area contributed by atoms with E-state index in [1.807, 2.05) is 30.3 Å². The predicted octanol–water partition coefficient (Wildman–Crippen LogP) is 2.06. The van der Waals surface area contributed by atoms with Gasteiger partial charge in [-0.05, 0) is 42.7 Å². The third-order valence-electron chi connectivity index (χ3n) is 4.49. The van der Waals surface area contributed by atoms with Gasteiger partial charge in [-0.2, -0.15) is 0 Å². The molecule has 0 atom stereocenters. The maximum Gasteiger partial charge on any atom is 0.251 e. The normalized spacial score (nSPS) is 15.7. The lowest BCUT2D eigenvalue weighted by atomic mass is 9.96. The maximum atomic E-state index is 12.5. The van der Waals surface area contributed by atoms with Crippen LogP contribution in [-0.2, 0) is 15.4 Å². The van der Waals surface area contributed by atoms with Gasteiger partial charge < -0.3 is 5.32 Å². The zero-order valence-corrected chi connectivity index (χ0v) is 14.3. The highest BCUT2D eigenvalue weighted by atomic mass is 32.2. The number of benzene rings is 2. The molecule has 1 saturated carbocycles. The minimum absolute atomic E-state index is 0.0869. The summed E-state index contributed by atoms with van der Waals surface area (Å²) in [5.74, 6) is -0.243. The molecular formula is C18H20N2O3S. The summed E-state index contributed by atoms with van der Waals surface area (Å²) < 4.78 is 27.7. The zero-order valence-electron chi connectivity index (χ0n) is 13.5. The highest BCUT2D eigenvalue weighted by molar-refractivity contribution is 7.89. The van der Waals surface area contributed by atoms with Crippen molar-refractivity contribution in [3.8, 4) is 0 Å². The van der Waals surface area contributed by atoms with E-state index in [1.165, 1.54) is 36.9 Å². The fourth-order valence-corrected chi connectivity index (χ4v) is 3.88. The number of rotatable bonds is 6. The van der Waals surface area contributed by atoms with E-state index in [9.17, 15) is 13.2 Å². The molecule has 0 unspecified atom stereocenters. The van der Waals surface area contributed by atoms with E-state index >= 15 is 0 Å². The molecule has 0 aliphatic heterocycles. The third kappa shape index (κ3) is 3.34. The van der Waals surface area contributed by atoms with Crippen LogP contribution < -0.4 is 10.0 Å². The van der Waals surface area contributed by atoms with E-state index in [0.29, 0.717) is 12.1 Å². The van der Waals surface area contributed by atoms with Gasteiger partial charge in [0.25, 0.3) is 5.91 Å². The van der Waals surface area contributed by atoms with Crippen LogP contribution in [0.1, 0.15) is 28.8 Å². The molecule has 0 saturated heterocycles. The lowest BCUT2D eigenvalue weighted by Gasteiger charge is -2.16. The van der Waals surface area contributed by atoms with Crippen molar-refractivity contribution in [2.45, 2.75) is 23.2 Å². The number of hydrogen-bond donors (Lipinski definition) is 2. The molecule has 5 nitrogen and oxygen atoms in total. The molecule has 0 aromatic heterocycles. The van der Waals surface area contributed by atoms with Gasteiger partial charge >= 0.3 is 0 Å². The molecule has 0 spiro atoms. The first-order valence-corrected chi connectivity index (χ1v) is 9.33. The van der Waals surface area contributed by atoms with Gasteiger partial charge in [0.1, 0.15) is 0 Å². The summed E-state index contributed by atoms with van der Waals surface area (Å²) in [6.07, 6.45) is 1.96. The van der Waals surface area contributed by atoms with E-state index < -0.39 is 10.0 Å². The second kappa shape index (κ2) is 6.37. The Morgan fingerprint density at radius 3 is 2.21 bits per heavy atom. The highest BCUT2D eigenvalue weighted by Gasteiger charge is 2.44. The summed E-state index contributed by atoms with van der Waals surface area (Å²) in [7, 11) is -2.06. The van der Waals surface area contributed by atoms with Crippen molar-refractivity contribution in [1.82, 2.24) is 10.0 Å². The van der Waals surface area contributed by atoms with Crippen LogP contribution in [0, 0.1) is 0 Å². The van der Waals surface area contributed by atoms with Crippen LogP contribution in [0.4, 0.5) is 0 Å². The number of hydrogen-bond acceptors (Lipinski definition) is 3. The predicted molar refractivity (Wildman–Crippen MR) is 92.4 cm³/mol. The van der Waals surface area contributed by atoms with Gasteiger partial charge in [-0.3, -0.25) is 4.79 Å². The molecule has 6 heteroatoms. The topological polar surface area (TPSA) is 75.3 Å². The van der Waals surface area contributed by atoms with Gasteiger partial charge in [-0.25, -0.2) is 13.1 Å². The molecular weight excluding hydrogens is 324 g/mol. The van der Waals surface area contributed by atoms with Crippen LogP contribution in [0.2, 0.25) is 0 Å². The fourth-order valence-electron chi connectivity index (χ4n) is 2.76. The molecule has 1 fully saturated rings. The Bertz CT molecular complexity index is 826. The summed E-state index contributed by atoms with van der Waals surface area (Å²) >= 11 is 0. The molecule has 1 aliphatic carbocycles. The van der Waals surface area contributed by atoms with Crippen molar-refractivity contribution in [2.24, 2.45) is 0 Å². The summed E-state index contributed by atoms with van der Waals surface area (Å²) in [6.45, 7) is 0.385. The first-order chi connectivity index (χ1) is 11.5. The standard InChI is InChI=1S/C18H20N2O3S/c1-19-17(21)14-7-9-16(10-8-14)24(22,23)20-13-18(11-12-18)15-5-3-2-4-6-15/h2-10,20H,11-13H2,1H3,(H,19,21). The Morgan fingerprint density at radius 2 is 1.67 bits per heavy atom. The molecule has 3 rings (SSSR count). The Morgan fingerprint density at radius 1 is 1.04 bits per heavy atom. The lowest BCUT2D eigenvalue weighted by molar-refractivity contribution is 0.0963. The van der Waals surface area contributed by atoms with Crippen LogP contribution in [-0.4, -0.2) is 27.9 Å². The van der Waals surface area contributed by atoms with Crippen molar-refractivity contribution < 1.29 is 13.2 Å². The van der Waals surface area contributed by atoms with E-state index in [1.54, 1.807) is 0 Å². The van der Waals surface area contributed by atoms with Gasteiger partial charge in [-0.15, -0.1) is 0 Å². The molecule has 24 heavy (non-hydrogen) atoms. The number of sulfonamides is 1. The molecule has 1 aliphatic rings. The number of carbonyl (C=O) groups excluding carboxylic acids is 1. The molecule has 126 valence electrons. The van der Waals surface area contributed by atoms with Crippen LogP contribution >= 0.6 is 0 Å². The summed E-state index contributed by atoms with van der Waals surface area (Å²) in [6, 6.07) is 15.9. The largest absolute Gasteiger partial charge is 0.355 e. The Hall–Kier alpha value is -2.18. The van der Waals surface area contributed by atoms with Gasteiger partial charge in [0, 0.05) is 24.6 Å². The molecule has 0 bridgehead atoms. The zero-order chi connectivity index (χ0) is 17.2. The van der Waals surface area contributed by atoms with E-state index in [4.69, 9.17) is 0 Å². The van der Waals surface area contributed by atoms with Crippen molar-refractivity contribution in [2.75, 3.05) is 13.6 Å². The van der Waals surface area contributed by atoms with Gasteiger partial charge in [0.2, 0.25) is 10.0 Å². The minimum atomic E-state index is -3.59. The van der Waals surface area contributed by atoms with Crippen LogP contribution in [0.3, 0.4) is 0 Å². The quantitative estimate of drug-likeness (QED) is 0.842. The summed E-state index contributed by atoms with van der Waals surface area (Å²) in [5.41, 5.74) is 1.51. The Labute approximate surface area is 142 Å². The highest BCUT2D eigenvalue weighted by Crippen LogP contribution is 2.47. The summed E-state index contributed by atoms with van der Waals surface area (Å²) in [5, 5.41) is 2.51. The van der Waals surface area contributed by atoms with Crippen molar-refractivity contribution in [3.63, 3.8) is 0 Å². The molecule has 0 heterocycles. The van der Waals surface area contributed by atoms with Gasteiger partial charge in [-0.1, -0.05) is 30.3 Å². The number of amides is 1. The van der Waals surface area contributed by atoms with Crippen LogP contribution in [0.5, 0.6) is 0 Å². The van der Waals surface area contributed by atoms with Gasteiger partial charge in [0.05, 0.1) is 4.90 Å². The molecule has 2 N–H and O–H groups in total.